The number of nitrogens with one attached hydrogen (secondary N) is 3. The number of carbonyl (C=O) groups excluding carboxylic acids is 2. The van der Waals surface area contributed by atoms with E-state index in [1.165, 1.54) is 24.1 Å². The van der Waals surface area contributed by atoms with Crippen LogP contribution in [0.25, 0.3) is 0 Å². The highest BCUT2D eigenvalue weighted by Gasteiger charge is 2.34. The van der Waals surface area contributed by atoms with Gasteiger partial charge in [0.05, 0.1) is 0 Å². The standard InChI is InChI=1S/C18H27FN4O4S/c1-10(2)14-6-12(19)7-15(11(3)4)16(14)21-17(24)22-28(26,27)13-8-20-18(25)23(5)9-13/h6-7,10-11,13H,8-9H2,1-5H3,(H,20,25)(H2,21,22,24). The largest absolute Gasteiger partial charge is 0.337 e. The molecule has 0 saturated carbocycles. The summed E-state index contributed by atoms with van der Waals surface area (Å²) in [4.78, 5) is 25.1. The number of sulfonamides is 1. The molecule has 156 valence electrons. The molecule has 1 fully saturated rings. The quantitative estimate of drug-likeness (QED) is 0.688. The number of nitrogens with zero attached hydrogens (tertiary/aromatic N) is 1. The van der Waals surface area contributed by atoms with Crippen molar-refractivity contribution in [3.63, 3.8) is 0 Å². The van der Waals surface area contributed by atoms with Crippen LogP contribution in [0.4, 0.5) is 19.7 Å². The third-order valence-corrected chi connectivity index (χ3v) is 6.29. The van der Waals surface area contributed by atoms with Crippen molar-refractivity contribution in [2.24, 2.45) is 0 Å². The Morgan fingerprint density at radius 2 is 1.75 bits per heavy atom. The molecular weight excluding hydrogens is 387 g/mol. The van der Waals surface area contributed by atoms with Gasteiger partial charge in [0.1, 0.15) is 11.1 Å². The van der Waals surface area contributed by atoms with E-state index in [0.29, 0.717) is 16.8 Å². The molecule has 10 heteroatoms. The number of urea groups is 2. The van der Waals surface area contributed by atoms with Gasteiger partial charge >= 0.3 is 12.1 Å². The first-order chi connectivity index (χ1) is 12.9. The second-order valence-corrected chi connectivity index (χ2v) is 9.52. The summed E-state index contributed by atoms with van der Waals surface area (Å²) >= 11 is 0. The second kappa shape index (κ2) is 8.34. The first kappa shape index (κ1) is 21.9. The van der Waals surface area contributed by atoms with E-state index in [-0.39, 0.29) is 31.0 Å². The second-order valence-electron chi connectivity index (χ2n) is 7.56. The number of halogens is 1. The Morgan fingerprint density at radius 3 is 2.21 bits per heavy atom. The predicted octanol–water partition coefficient (Wildman–Crippen LogP) is 2.55. The molecule has 3 N–H and O–H groups in total. The van der Waals surface area contributed by atoms with Gasteiger partial charge in [0, 0.05) is 25.8 Å². The first-order valence-electron chi connectivity index (χ1n) is 9.07. The molecule has 1 aliphatic heterocycles. The lowest BCUT2D eigenvalue weighted by Gasteiger charge is -2.30. The molecule has 1 unspecified atom stereocenters. The molecule has 1 heterocycles. The topological polar surface area (TPSA) is 108 Å². The third kappa shape index (κ3) is 4.92. The molecule has 1 saturated heterocycles. The Hall–Kier alpha value is -2.36. The average molecular weight is 415 g/mol. The van der Waals surface area contributed by atoms with E-state index in [4.69, 9.17) is 0 Å². The number of hydrogen-bond donors (Lipinski definition) is 3. The van der Waals surface area contributed by atoms with Gasteiger partial charge in [0.15, 0.2) is 0 Å². The molecule has 1 aromatic rings. The minimum atomic E-state index is -4.03. The van der Waals surface area contributed by atoms with Gasteiger partial charge in [0.25, 0.3) is 0 Å². The average Bonchev–Trinajstić information content (AvgIpc) is 2.57. The molecule has 2 rings (SSSR count). The molecule has 1 atom stereocenters. The summed E-state index contributed by atoms with van der Waals surface area (Å²) < 4.78 is 41.0. The van der Waals surface area contributed by atoms with Crippen LogP contribution < -0.4 is 15.4 Å². The molecule has 1 aliphatic rings. The van der Waals surface area contributed by atoms with Crippen LogP contribution in [0, 0.1) is 5.82 Å². The number of anilines is 1. The fourth-order valence-corrected chi connectivity index (χ4v) is 4.25. The van der Waals surface area contributed by atoms with Crippen LogP contribution >= 0.6 is 0 Å². The van der Waals surface area contributed by atoms with Crippen molar-refractivity contribution < 1.29 is 22.4 Å². The molecule has 0 spiro atoms. The summed E-state index contributed by atoms with van der Waals surface area (Å²) in [6.45, 7) is 7.33. The van der Waals surface area contributed by atoms with Gasteiger partial charge in [-0.3, -0.25) is 0 Å². The van der Waals surface area contributed by atoms with Gasteiger partial charge in [-0.2, -0.15) is 0 Å². The molecule has 0 aromatic heterocycles. The van der Waals surface area contributed by atoms with Crippen LogP contribution in [-0.2, 0) is 10.0 Å². The lowest BCUT2D eigenvalue weighted by atomic mass is 9.92. The van der Waals surface area contributed by atoms with E-state index in [0.717, 1.165) is 0 Å². The van der Waals surface area contributed by atoms with Gasteiger partial charge in [0.2, 0.25) is 10.0 Å². The van der Waals surface area contributed by atoms with Crippen molar-refractivity contribution in [1.29, 1.82) is 0 Å². The Labute approximate surface area is 164 Å². The summed E-state index contributed by atoms with van der Waals surface area (Å²) in [7, 11) is -2.55. The van der Waals surface area contributed by atoms with Crippen molar-refractivity contribution in [2.75, 3.05) is 25.5 Å². The van der Waals surface area contributed by atoms with Crippen LogP contribution in [0.5, 0.6) is 0 Å². The van der Waals surface area contributed by atoms with Gasteiger partial charge < -0.3 is 15.5 Å². The number of benzene rings is 1. The zero-order valence-electron chi connectivity index (χ0n) is 16.7. The maximum absolute atomic E-state index is 14.0. The lowest BCUT2D eigenvalue weighted by molar-refractivity contribution is 0.199. The molecule has 8 nitrogen and oxygen atoms in total. The first-order valence-corrected chi connectivity index (χ1v) is 10.6. The summed E-state index contributed by atoms with van der Waals surface area (Å²) in [6, 6.07) is 1.39. The van der Waals surface area contributed by atoms with E-state index >= 15 is 0 Å². The number of hydrogen-bond acceptors (Lipinski definition) is 4. The van der Waals surface area contributed by atoms with Crippen LogP contribution in [0.3, 0.4) is 0 Å². The Bertz CT molecular complexity index is 841. The Balaban J connectivity index is 2.24. The molecular formula is C18H27FN4O4S. The SMILES string of the molecule is CC(C)c1cc(F)cc(C(C)C)c1NC(=O)NS(=O)(=O)C1CNC(=O)N(C)C1. The smallest absolute Gasteiger partial charge is 0.332 e. The summed E-state index contributed by atoms with van der Waals surface area (Å²) in [5.74, 6) is -0.573. The monoisotopic (exact) mass is 414 g/mol. The Kier molecular flexibility index (Phi) is 6.53. The lowest BCUT2D eigenvalue weighted by Crippen LogP contribution is -2.57. The highest BCUT2D eigenvalue weighted by atomic mass is 32.2. The molecule has 4 amide bonds. The summed E-state index contributed by atoms with van der Waals surface area (Å²) in [5, 5.41) is 4.08. The van der Waals surface area contributed by atoms with Gasteiger partial charge in [-0.15, -0.1) is 0 Å². The van der Waals surface area contributed by atoms with Crippen molar-refractivity contribution in [3.05, 3.63) is 29.1 Å². The molecule has 0 radical (unpaired) electrons. The van der Waals surface area contributed by atoms with Crippen molar-refractivity contribution in [2.45, 2.75) is 44.8 Å². The minimum Gasteiger partial charge on any atom is -0.337 e. The zero-order valence-corrected chi connectivity index (χ0v) is 17.5. The van der Waals surface area contributed by atoms with E-state index in [1.807, 2.05) is 32.4 Å². The normalized spacial score (nSPS) is 17.6. The number of carbonyl (C=O) groups is 2. The molecule has 1 aromatic carbocycles. The Morgan fingerprint density at radius 1 is 1.21 bits per heavy atom. The van der Waals surface area contributed by atoms with Gasteiger partial charge in [-0.25, -0.2) is 27.1 Å². The van der Waals surface area contributed by atoms with Crippen LogP contribution in [-0.4, -0.2) is 50.8 Å². The summed E-state index contributed by atoms with van der Waals surface area (Å²) in [6.07, 6.45) is 0. The van der Waals surface area contributed by atoms with E-state index in [1.54, 1.807) is 0 Å². The van der Waals surface area contributed by atoms with Gasteiger partial charge in [-0.1, -0.05) is 27.7 Å². The molecule has 28 heavy (non-hydrogen) atoms. The van der Waals surface area contributed by atoms with Crippen LogP contribution in [0.1, 0.15) is 50.7 Å². The maximum Gasteiger partial charge on any atom is 0.332 e. The van der Waals surface area contributed by atoms with Gasteiger partial charge in [-0.05, 0) is 35.1 Å². The highest BCUT2D eigenvalue weighted by Crippen LogP contribution is 2.33. The predicted molar refractivity (Wildman–Crippen MR) is 105 cm³/mol. The minimum absolute atomic E-state index is 0.0283. The van der Waals surface area contributed by atoms with E-state index < -0.39 is 27.1 Å². The van der Waals surface area contributed by atoms with E-state index in [2.05, 4.69) is 10.6 Å². The van der Waals surface area contributed by atoms with Crippen molar-refractivity contribution >= 4 is 27.8 Å². The highest BCUT2D eigenvalue weighted by molar-refractivity contribution is 7.90. The van der Waals surface area contributed by atoms with Crippen LogP contribution in [0.15, 0.2) is 12.1 Å². The number of rotatable bonds is 5. The van der Waals surface area contributed by atoms with E-state index in [9.17, 15) is 22.4 Å². The fraction of sp³-hybridized carbons (Fsp3) is 0.556. The summed E-state index contributed by atoms with van der Waals surface area (Å²) in [5.41, 5.74) is 1.58. The third-order valence-electron chi connectivity index (χ3n) is 4.63. The van der Waals surface area contributed by atoms with Crippen molar-refractivity contribution in [3.8, 4) is 0 Å². The van der Waals surface area contributed by atoms with Crippen LogP contribution in [0.2, 0.25) is 0 Å². The number of amides is 4. The fourth-order valence-electron chi connectivity index (χ4n) is 3.05. The molecule has 0 aliphatic carbocycles. The maximum atomic E-state index is 14.0. The molecule has 0 bridgehead atoms. The zero-order chi connectivity index (χ0) is 21.2. The van der Waals surface area contributed by atoms with Crippen molar-refractivity contribution in [1.82, 2.24) is 14.9 Å².